The second-order valence-corrected chi connectivity index (χ2v) is 6.24. The SMILES string of the molecule is COc1ccc2nc(NC(=N)NC3CCN(C)CC3)nc(C)c2c1. The summed E-state index contributed by atoms with van der Waals surface area (Å²) in [5, 5.41) is 15.3. The summed E-state index contributed by atoms with van der Waals surface area (Å²) in [6.07, 6.45) is 2.08. The van der Waals surface area contributed by atoms with E-state index in [1.165, 1.54) is 0 Å². The molecule has 1 aliphatic rings. The van der Waals surface area contributed by atoms with Gasteiger partial charge in [0.15, 0.2) is 5.96 Å². The van der Waals surface area contributed by atoms with Gasteiger partial charge in [0.05, 0.1) is 18.3 Å². The van der Waals surface area contributed by atoms with Crippen LogP contribution in [0.15, 0.2) is 18.2 Å². The molecule has 0 saturated carbocycles. The Morgan fingerprint density at radius 1 is 1.29 bits per heavy atom. The molecule has 0 bridgehead atoms. The summed E-state index contributed by atoms with van der Waals surface area (Å²) in [5.74, 6) is 1.47. The molecule has 128 valence electrons. The van der Waals surface area contributed by atoms with Gasteiger partial charge < -0.3 is 15.0 Å². The number of hydrogen-bond donors (Lipinski definition) is 3. The van der Waals surface area contributed by atoms with Gasteiger partial charge in [0, 0.05) is 11.4 Å². The third kappa shape index (κ3) is 3.73. The second kappa shape index (κ2) is 7.00. The number of anilines is 1. The molecule has 1 aromatic carbocycles. The van der Waals surface area contributed by atoms with Crippen molar-refractivity contribution in [1.82, 2.24) is 20.2 Å². The van der Waals surface area contributed by atoms with Crippen LogP contribution in [0.3, 0.4) is 0 Å². The van der Waals surface area contributed by atoms with E-state index in [-0.39, 0.29) is 5.96 Å². The minimum atomic E-state index is 0.247. The maximum atomic E-state index is 8.12. The maximum Gasteiger partial charge on any atom is 0.230 e. The van der Waals surface area contributed by atoms with Gasteiger partial charge in [-0.1, -0.05) is 0 Å². The molecule has 7 heteroatoms. The zero-order valence-corrected chi connectivity index (χ0v) is 14.4. The molecule has 0 radical (unpaired) electrons. The molecule has 2 heterocycles. The number of fused-ring (bicyclic) bond motifs is 1. The number of benzene rings is 1. The van der Waals surface area contributed by atoms with Crippen LogP contribution in [0.25, 0.3) is 10.9 Å². The molecule has 0 amide bonds. The summed E-state index contributed by atoms with van der Waals surface area (Å²) >= 11 is 0. The van der Waals surface area contributed by atoms with Crippen LogP contribution in [-0.4, -0.2) is 54.1 Å². The van der Waals surface area contributed by atoms with Gasteiger partial charge in [0.2, 0.25) is 5.95 Å². The lowest BCUT2D eigenvalue weighted by molar-refractivity contribution is 0.247. The molecule has 1 aliphatic heterocycles. The number of nitrogens with zero attached hydrogens (tertiary/aromatic N) is 3. The lowest BCUT2D eigenvalue weighted by Crippen LogP contribution is -2.45. The van der Waals surface area contributed by atoms with Crippen molar-refractivity contribution in [2.45, 2.75) is 25.8 Å². The van der Waals surface area contributed by atoms with E-state index in [9.17, 15) is 0 Å². The number of aryl methyl sites for hydroxylation is 1. The first-order valence-corrected chi connectivity index (χ1v) is 8.18. The first-order chi connectivity index (χ1) is 11.5. The first-order valence-electron chi connectivity index (χ1n) is 8.18. The lowest BCUT2D eigenvalue weighted by Gasteiger charge is -2.30. The van der Waals surface area contributed by atoms with Gasteiger partial charge in [0.25, 0.3) is 0 Å². The van der Waals surface area contributed by atoms with E-state index >= 15 is 0 Å². The highest BCUT2D eigenvalue weighted by Gasteiger charge is 2.17. The fourth-order valence-electron chi connectivity index (χ4n) is 2.95. The molecule has 3 N–H and O–H groups in total. The van der Waals surface area contributed by atoms with E-state index in [1.54, 1.807) is 7.11 Å². The van der Waals surface area contributed by atoms with Crippen molar-refractivity contribution in [3.8, 4) is 5.75 Å². The Balaban J connectivity index is 1.69. The van der Waals surface area contributed by atoms with Gasteiger partial charge in [-0.2, -0.15) is 0 Å². The zero-order chi connectivity index (χ0) is 17.1. The number of aromatic nitrogens is 2. The Bertz CT molecular complexity index is 739. The fourth-order valence-corrected chi connectivity index (χ4v) is 2.95. The molecule has 3 rings (SSSR count). The topological polar surface area (TPSA) is 86.2 Å². The van der Waals surface area contributed by atoms with Crippen molar-refractivity contribution in [2.24, 2.45) is 0 Å². The van der Waals surface area contributed by atoms with Crippen LogP contribution in [0.5, 0.6) is 5.75 Å². The smallest absolute Gasteiger partial charge is 0.230 e. The highest BCUT2D eigenvalue weighted by molar-refractivity contribution is 5.91. The fraction of sp³-hybridized carbons (Fsp3) is 0.471. The van der Waals surface area contributed by atoms with Crippen molar-refractivity contribution >= 4 is 22.8 Å². The standard InChI is InChI=1S/C17H24N6O/c1-11-14-10-13(24-3)4-5-15(14)21-17(19-11)22-16(18)20-12-6-8-23(2)9-7-12/h4-5,10,12H,6-9H2,1-3H3,(H3,18,19,20,21,22). The van der Waals surface area contributed by atoms with Gasteiger partial charge >= 0.3 is 0 Å². The summed E-state index contributed by atoms with van der Waals surface area (Å²) in [7, 11) is 3.77. The van der Waals surface area contributed by atoms with E-state index in [4.69, 9.17) is 10.1 Å². The maximum absolute atomic E-state index is 8.12. The largest absolute Gasteiger partial charge is 0.497 e. The average molecular weight is 328 g/mol. The molecule has 0 spiro atoms. The molecule has 1 fully saturated rings. The van der Waals surface area contributed by atoms with Crippen LogP contribution >= 0.6 is 0 Å². The van der Waals surface area contributed by atoms with Crippen LogP contribution in [-0.2, 0) is 0 Å². The van der Waals surface area contributed by atoms with E-state index in [0.717, 1.165) is 48.3 Å². The third-order valence-electron chi connectivity index (χ3n) is 4.40. The van der Waals surface area contributed by atoms with Crippen LogP contribution < -0.4 is 15.4 Å². The Kier molecular flexibility index (Phi) is 4.80. The van der Waals surface area contributed by atoms with E-state index in [2.05, 4.69) is 32.5 Å². The Hall–Kier alpha value is -2.41. The van der Waals surface area contributed by atoms with Crippen molar-refractivity contribution in [3.63, 3.8) is 0 Å². The highest BCUT2D eigenvalue weighted by Crippen LogP contribution is 2.22. The highest BCUT2D eigenvalue weighted by atomic mass is 16.5. The second-order valence-electron chi connectivity index (χ2n) is 6.24. The average Bonchev–Trinajstić information content (AvgIpc) is 2.56. The number of nitrogens with one attached hydrogen (secondary N) is 3. The van der Waals surface area contributed by atoms with E-state index in [0.29, 0.717) is 12.0 Å². The summed E-state index contributed by atoms with van der Waals surface area (Å²) < 4.78 is 5.25. The summed E-state index contributed by atoms with van der Waals surface area (Å²) in [5.41, 5.74) is 1.69. The zero-order valence-electron chi connectivity index (χ0n) is 14.4. The predicted molar refractivity (Wildman–Crippen MR) is 95.8 cm³/mol. The Morgan fingerprint density at radius 2 is 2.04 bits per heavy atom. The molecule has 0 atom stereocenters. The summed E-state index contributed by atoms with van der Waals surface area (Å²) in [6.45, 7) is 4.04. The Labute approximate surface area is 141 Å². The van der Waals surface area contributed by atoms with Gasteiger partial charge in [-0.3, -0.25) is 10.7 Å². The van der Waals surface area contributed by atoms with Crippen LogP contribution in [0.1, 0.15) is 18.5 Å². The predicted octanol–water partition coefficient (Wildman–Crippen LogP) is 1.98. The minimum Gasteiger partial charge on any atom is -0.497 e. The van der Waals surface area contributed by atoms with E-state index in [1.807, 2.05) is 25.1 Å². The molecule has 7 nitrogen and oxygen atoms in total. The van der Waals surface area contributed by atoms with Crippen LogP contribution in [0.2, 0.25) is 0 Å². The number of likely N-dealkylation sites (tertiary alicyclic amines) is 1. The van der Waals surface area contributed by atoms with Crippen molar-refractivity contribution < 1.29 is 4.74 Å². The monoisotopic (exact) mass is 328 g/mol. The molecular weight excluding hydrogens is 304 g/mol. The van der Waals surface area contributed by atoms with Gasteiger partial charge in [0.1, 0.15) is 5.75 Å². The molecule has 1 aromatic heterocycles. The third-order valence-corrected chi connectivity index (χ3v) is 4.40. The minimum absolute atomic E-state index is 0.247. The molecular formula is C17H24N6O. The number of methoxy groups -OCH3 is 1. The van der Waals surface area contributed by atoms with Gasteiger partial charge in [-0.15, -0.1) is 0 Å². The number of piperidine rings is 1. The molecule has 2 aromatic rings. The molecule has 0 unspecified atom stereocenters. The number of ether oxygens (including phenoxy) is 1. The van der Waals surface area contributed by atoms with Crippen LogP contribution in [0.4, 0.5) is 5.95 Å². The molecule has 0 aliphatic carbocycles. The summed E-state index contributed by atoms with van der Waals surface area (Å²) in [6, 6.07) is 6.03. The van der Waals surface area contributed by atoms with E-state index < -0.39 is 0 Å². The lowest BCUT2D eigenvalue weighted by atomic mass is 10.1. The first kappa shape index (κ1) is 16.4. The van der Waals surface area contributed by atoms with Crippen molar-refractivity contribution in [2.75, 3.05) is 32.6 Å². The van der Waals surface area contributed by atoms with Crippen LogP contribution in [0, 0.1) is 12.3 Å². The van der Waals surface area contributed by atoms with Gasteiger partial charge in [-0.25, -0.2) is 9.97 Å². The van der Waals surface area contributed by atoms with Gasteiger partial charge in [-0.05, 0) is 58.1 Å². The molecule has 24 heavy (non-hydrogen) atoms. The van der Waals surface area contributed by atoms with Crippen molar-refractivity contribution in [3.05, 3.63) is 23.9 Å². The number of hydrogen-bond acceptors (Lipinski definition) is 5. The number of guanidine groups is 1. The quantitative estimate of drug-likeness (QED) is 0.590. The van der Waals surface area contributed by atoms with Crippen molar-refractivity contribution in [1.29, 1.82) is 5.41 Å². The molecule has 1 saturated heterocycles. The summed E-state index contributed by atoms with van der Waals surface area (Å²) in [4.78, 5) is 11.2. The normalized spacial score (nSPS) is 16.1. The Morgan fingerprint density at radius 3 is 2.75 bits per heavy atom. The number of rotatable bonds is 3.